The van der Waals surface area contributed by atoms with Crippen LogP contribution in [-0.4, -0.2) is 37.6 Å². The summed E-state index contributed by atoms with van der Waals surface area (Å²) in [5.74, 6) is 0.607. The molecule has 1 aliphatic heterocycles. The average molecular weight is 516 g/mol. The molecule has 6 rings (SSSR count). The topological polar surface area (TPSA) is 123 Å². The zero-order chi connectivity index (χ0) is 23.6. The smallest absolute Gasteiger partial charge is 0.334 e. The number of nitrogens with zero attached hydrogens (tertiary/aromatic N) is 5. The van der Waals surface area contributed by atoms with Crippen LogP contribution >= 0.6 is 34.5 Å². The highest BCUT2D eigenvalue weighted by molar-refractivity contribution is 7.09. The maximum Gasteiger partial charge on any atom is 0.334 e. The van der Waals surface area contributed by atoms with Crippen molar-refractivity contribution in [1.29, 1.82) is 0 Å². The first-order valence-electron chi connectivity index (χ1n) is 10.8. The van der Waals surface area contributed by atoms with Gasteiger partial charge in [0, 0.05) is 24.0 Å². The van der Waals surface area contributed by atoms with E-state index in [4.69, 9.17) is 28.9 Å². The Morgan fingerprint density at radius 1 is 1.18 bits per heavy atom. The summed E-state index contributed by atoms with van der Waals surface area (Å²) in [6.07, 6.45) is 4.28. The third-order valence-corrected chi connectivity index (χ3v) is 8.75. The fourth-order valence-electron chi connectivity index (χ4n) is 5.07. The van der Waals surface area contributed by atoms with Crippen molar-refractivity contribution in [2.75, 3.05) is 18.0 Å². The van der Waals surface area contributed by atoms with Gasteiger partial charge in [-0.3, -0.25) is 9.78 Å². The van der Waals surface area contributed by atoms with Crippen LogP contribution in [0.15, 0.2) is 39.5 Å². The lowest BCUT2D eigenvalue weighted by Gasteiger charge is -2.42. The Balaban J connectivity index is 1.31. The van der Waals surface area contributed by atoms with Crippen molar-refractivity contribution >= 4 is 51.5 Å². The summed E-state index contributed by atoms with van der Waals surface area (Å²) in [5, 5.41) is 0.347. The molecule has 1 fully saturated rings. The number of thiazole rings is 1. The second-order valence-corrected chi connectivity index (χ2v) is 10.4. The molecule has 1 aromatic carbocycles. The zero-order valence-electron chi connectivity index (χ0n) is 17.8. The molecule has 34 heavy (non-hydrogen) atoms. The van der Waals surface area contributed by atoms with Crippen molar-refractivity contribution in [3.8, 4) is 5.69 Å². The number of halogens is 2. The van der Waals surface area contributed by atoms with E-state index >= 15 is 0 Å². The maximum absolute atomic E-state index is 13.1. The van der Waals surface area contributed by atoms with Gasteiger partial charge in [0.2, 0.25) is 0 Å². The van der Waals surface area contributed by atoms with Gasteiger partial charge in [-0.05, 0) is 36.8 Å². The molecule has 174 valence electrons. The van der Waals surface area contributed by atoms with Crippen molar-refractivity contribution in [1.82, 2.24) is 24.5 Å². The molecule has 4 aromatic rings. The average Bonchev–Trinajstić information content (AvgIpc) is 3.38. The van der Waals surface area contributed by atoms with Crippen LogP contribution in [0.5, 0.6) is 0 Å². The molecule has 3 N–H and O–H groups in total. The molecule has 4 heterocycles. The van der Waals surface area contributed by atoms with Gasteiger partial charge in [-0.25, -0.2) is 24.3 Å². The summed E-state index contributed by atoms with van der Waals surface area (Å²) in [6.45, 7) is 1.50. The second kappa shape index (κ2) is 7.88. The van der Waals surface area contributed by atoms with Crippen LogP contribution in [0.1, 0.15) is 29.5 Å². The second-order valence-electron chi connectivity index (χ2n) is 8.74. The van der Waals surface area contributed by atoms with Gasteiger partial charge in [-0.2, -0.15) is 0 Å². The Morgan fingerprint density at radius 2 is 1.97 bits per heavy atom. The quantitative estimate of drug-likeness (QED) is 0.420. The van der Waals surface area contributed by atoms with E-state index in [1.165, 1.54) is 4.88 Å². The minimum Gasteiger partial charge on any atom is -0.355 e. The van der Waals surface area contributed by atoms with E-state index in [0.717, 1.165) is 42.6 Å². The van der Waals surface area contributed by atoms with Gasteiger partial charge in [0.05, 0.1) is 33.1 Å². The fourth-order valence-corrected chi connectivity index (χ4v) is 6.40. The molecule has 1 aliphatic carbocycles. The minimum absolute atomic E-state index is 0.00738. The van der Waals surface area contributed by atoms with Crippen molar-refractivity contribution in [2.24, 2.45) is 11.1 Å². The van der Waals surface area contributed by atoms with Crippen LogP contribution < -0.4 is 21.9 Å². The summed E-state index contributed by atoms with van der Waals surface area (Å²) >= 11 is 13.9. The Kier molecular flexibility index (Phi) is 5.03. The van der Waals surface area contributed by atoms with Gasteiger partial charge in [0.15, 0.2) is 11.2 Å². The van der Waals surface area contributed by atoms with E-state index < -0.39 is 11.2 Å². The minimum atomic E-state index is -0.665. The highest BCUT2D eigenvalue weighted by Gasteiger charge is 2.47. The summed E-state index contributed by atoms with van der Waals surface area (Å²) in [6, 6.07) is 4.75. The molecule has 12 heteroatoms. The molecule has 0 saturated carbocycles. The summed E-state index contributed by atoms with van der Waals surface area (Å²) in [7, 11) is 0. The number of rotatable bonds is 2. The number of hydrogen-bond acceptors (Lipinski definition) is 8. The maximum atomic E-state index is 13.1. The highest BCUT2D eigenvalue weighted by atomic mass is 35.5. The van der Waals surface area contributed by atoms with Gasteiger partial charge in [0.1, 0.15) is 5.82 Å². The lowest BCUT2D eigenvalue weighted by molar-refractivity contribution is 0.187. The van der Waals surface area contributed by atoms with Crippen LogP contribution in [0.3, 0.4) is 0 Å². The van der Waals surface area contributed by atoms with Gasteiger partial charge >= 0.3 is 5.69 Å². The number of aromatic nitrogens is 5. The molecule has 0 radical (unpaired) electrons. The van der Waals surface area contributed by atoms with E-state index in [2.05, 4.69) is 24.8 Å². The monoisotopic (exact) mass is 515 g/mol. The first-order chi connectivity index (χ1) is 16.4. The Morgan fingerprint density at radius 3 is 2.74 bits per heavy atom. The van der Waals surface area contributed by atoms with E-state index in [-0.39, 0.29) is 38.4 Å². The molecular formula is C22H19Cl2N7O2S. The number of hydrogen-bond donors (Lipinski definition) is 2. The lowest BCUT2D eigenvalue weighted by atomic mass is 9.74. The number of nitrogens with one attached hydrogen (secondary N) is 1. The Hall–Kier alpha value is -2.79. The van der Waals surface area contributed by atoms with E-state index in [1.807, 2.05) is 5.51 Å². The van der Waals surface area contributed by atoms with Crippen molar-refractivity contribution < 1.29 is 0 Å². The lowest BCUT2D eigenvalue weighted by Crippen LogP contribution is -2.44. The molecule has 3 aromatic heterocycles. The molecule has 1 spiro atoms. The normalized spacial score (nSPS) is 19.1. The van der Waals surface area contributed by atoms with Crippen LogP contribution in [0.25, 0.3) is 16.9 Å². The summed E-state index contributed by atoms with van der Waals surface area (Å²) in [5.41, 5.74) is 8.70. The van der Waals surface area contributed by atoms with Crippen molar-refractivity contribution in [3.05, 3.63) is 71.4 Å². The first kappa shape index (κ1) is 21.7. The Bertz CT molecular complexity index is 1560. The number of H-pyrrole nitrogens is 1. The molecule has 0 amide bonds. The third kappa shape index (κ3) is 3.20. The molecule has 1 saturated heterocycles. The van der Waals surface area contributed by atoms with E-state index in [9.17, 15) is 9.59 Å². The predicted octanol–water partition coefficient (Wildman–Crippen LogP) is 3.08. The van der Waals surface area contributed by atoms with Gasteiger partial charge in [0.25, 0.3) is 5.56 Å². The molecule has 0 unspecified atom stereocenters. The van der Waals surface area contributed by atoms with E-state index in [0.29, 0.717) is 5.82 Å². The number of piperidine rings is 1. The zero-order valence-corrected chi connectivity index (χ0v) is 20.1. The van der Waals surface area contributed by atoms with E-state index in [1.54, 1.807) is 35.7 Å². The van der Waals surface area contributed by atoms with Crippen LogP contribution in [0.4, 0.5) is 5.82 Å². The fraction of sp³-hybridized carbons (Fsp3) is 0.318. The van der Waals surface area contributed by atoms with Gasteiger partial charge < -0.3 is 10.6 Å². The van der Waals surface area contributed by atoms with Gasteiger partial charge in [-0.15, -0.1) is 11.3 Å². The van der Waals surface area contributed by atoms with Crippen molar-refractivity contribution in [3.63, 3.8) is 0 Å². The SMILES string of the molecule is N[C@@H]1c2scnc2CC12CCN(c1cnc3c(=O)n(-c4cccc(Cl)c4Cl)c(=O)[nH]c3n1)CC2. The molecule has 1 atom stereocenters. The van der Waals surface area contributed by atoms with Crippen LogP contribution in [0, 0.1) is 5.41 Å². The number of benzene rings is 1. The number of anilines is 1. The number of nitrogens with two attached hydrogens (primary N) is 1. The largest absolute Gasteiger partial charge is 0.355 e. The first-order valence-corrected chi connectivity index (χ1v) is 12.4. The van der Waals surface area contributed by atoms with Crippen LogP contribution in [0.2, 0.25) is 10.0 Å². The van der Waals surface area contributed by atoms with Crippen LogP contribution in [-0.2, 0) is 6.42 Å². The standard InChI is InChI=1S/C22H19Cl2N7O2S/c23-11-2-1-3-13(15(11)24)31-20(32)16-19(29-21(31)33)28-14(9-26-16)30-6-4-22(5-7-30)8-12-17(18(22)25)34-10-27-12/h1-3,9-10,18H,4-8,25H2,(H,28,29,33)/t18-/m1/s1. The third-order valence-electron chi connectivity index (χ3n) is 6.98. The molecule has 9 nitrogen and oxygen atoms in total. The molecule has 0 bridgehead atoms. The Labute approximate surface area is 207 Å². The summed E-state index contributed by atoms with van der Waals surface area (Å²) in [4.78, 5) is 45.3. The molecular weight excluding hydrogens is 497 g/mol. The number of fused-ring (bicyclic) bond motifs is 2. The molecule has 2 aliphatic rings. The van der Waals surface area contributed by atoms with Gasteiger partial charge in [-0.1, -0.05) is 29.3 Å². The highest BCUT2D eigenvalue weighted by Crippen LogP contribution is 2.51. The van der Waals surface area contributed by atoms with Crippen molar-refractivity contribution in [2.45, 2.75) is 25.3 Å². The number of aromatic amines is 1. The summed E-state index contributed by atoms with van der Waals surface area (Å²) < 4.78 is 0.920. The predicted molar refractivity (Wildman–Crippen MR) is 132 cm³/mol.